The third-order valence-corrected chi connectivity index (χ3v) is 15.5. The number of fused-ring (bicyclic) bond motifs is 3. The van der Waals surface area contributed by atoms with Crippen molar-refractivity contribution in [1.82, 2.24) is 9.88 Å². The van der Waals surface area contributed by atoms with Crippen molar-refractivity contribution in [1.29, 1.82) is 0 Å². The number of nitrogens with one attached hydrogen (secondary N) is 1. The molecule has 13 atom stereocenters. The number of hydrogen-bond acceptors (Lipinski definition) is 9. The molecule has 14 heteroatoms. The number of ketones is 1. The second kappa shape index (κ2) is 16.5. The lowest BCUT2D eigenvalue weighted by atomic mass is 9.50. The molecule has 4 aliphatic carbocycles. The number of amides is 1. The quantitative estimate of drug-likeness (QED) is 0.120. The van der Waals surface area contributed by atoms with Crippen LogP contribution in [0.15, 0.2) is 65.0 Å². The predicted octanol–water partition coefficient (Wildman–Crippen LogP) is 7.98. The van der Waals surface area contributed by atoms with Gasteiger partial charge in [0.2, 0.25) is 0 Å². The third kappa shape index (κ3) is 7.12. The molecule has 1 saturated carbocycles. The van der Waals surface area contributed by atoms with E-state index in [-0.39, 0.29) is 58.4 Å². The maximum atomic E-state index is 15.6. The fourth-order valence-electron chi connectivity index (χ4n) is 11.6. The fraction of sp³-hybridized carbons (Fsp3) is 0.609. The van der Waals surface area contributed by atoms with Crippen molar-refractivity contribution in [3.63, 3.8) is 0 Å². The molecule has 1 saturated heterocycles. The van der Waals surface area contributed by atoms with E-state index in [1.807, 2.05) is 26.8 Å². The van der Waals surface area contributed by atoms with Gasteiger partial charge in [-0.15, -0.1) is 0 Å². The number of carbonyl (C=O) groups is 4. The lowest BCUT2D eigenvalue weighted by molar-refractivity contribution is -0.257. The van der Waals surface area contributed by atoms with Gasteiger partial charge in [-0.2, -0.15) is 0 Å². The number of aliphatic hydroxyl groups excluding tert-OH is 2. The summed E-state index contributed by atoms with van der Waals surface area (Å²) in [6.07, 6.45) is 12.2. The Balaban J connectivity index is 1.22. The molecule has 4 N–H and O–H groups in total. The van der Waals surface area contributed by atoms with Crippen molar-refractivity contribution in [3.05, 3.63) is 80.9 Å². The predicted molar refractivity (Wildman–Crippen MR) is 225 cm³/mol. The highest BCUT2D eigenvalue weighted by atomic mass is 35.5. The molecule has 1 amide bonds. The first kappa shape index (κ1) is 44.4. The molecule has 0 radical (unpaired) electrons. The maximum absolute atomic E-state index is 15.6. The Hall–Kier alpha value is -3.68. The van der Waals surface area contributed by atoms with Gasteiger partial charge in [0.05, 0.1) is 34.8 Å². The molecule has 60 heavy (non-hydrogen) atoms. The van der Waals surface area contributed by atoms with Crippen LogP contribution in [-0.2, 0) is 35.6 Å². The molecule has 1 spiro atoms. The molecule has 1 aromatic rings. The topological polar surface area (TPSA) is 174 Å². The molecular formula is C46H58Cl2N2O10. The van der Waals surface area contributed by atoms with Gasteiger partial charge in [0.25, 0.3) is 5.91 Å². The number of rotatable bonds is 7. The largest absolute Gasteiger partial charge is 0.507 e. The summed E-state index contributed by atoms with van der Waals surface area (Å²) in [5, 5.41) is 37.5. The Morgan fingerprint density at radius 3 is 2.47 bits per heavy atom. The van der Waals surface area contributed by atoms with E-state index in [0.717, 1.165) is 5.57 Å². The van der Waals surface area contributed by atoms with E-state index < -0.39 is 82.4 Å². The van der Waals surface area contributed by atoms with Crippen molar-refractivity contribution in [3.8, 4) is 0 Å². The minimum atomic E-state index is -1.68. The van der Waals surface area contributed by atoms with Crippen LogP contribution in [-0.4, -0.2) is 79.8 Å². The number of Topliss-reactive ketones (excluding diaryl/α,β-unsaturated/α-hetero) is 1. The van der Waals surface area contributed by atoms with Gasteiger partial charge >= 0.3 is 11.9 Å². The third-order valence-electron chi connectivity index (χ3n) is 14.8. The number of hydrogen-bond donors (Lipinski definition) is 4. The van der Waals surface area contributed by atoms with Crippen molar-refractivity contribution >= 4 is 46.8 Å². The summed E-state index contributed by atoms with van der Waals surface area (Å²) < 4.78 is 20.9. The highest BCUT2D eigenvalue weighted by Crippen LogP contribution is 2.61. The normalized spacial score (nSPS) is 40.6. The van der Waals surface area contributed by atoms with Gasteiger partial charge in [0.1, 0.15) is 16.4 Å². The average molecular weight is 870 g/mol. The van der Waals surface area contributed by atoms with Gasteiger partial charge in [0.15, 0.2) is 23.4 Å². The van der Waals surface area contributed by atoms with Crippen molar-refractivity contribution < 1.29 is 48.7 Å². The van der Waals surface area contributed by atoms with Crippen molar-refractivity contribution in [2.45, 2.75) is 129 Å². The minimum Gasteiger partial charge on any atom is -0.507 e. The van der Waals surface area contributed by atoms with Gasteiger partial charge in [-0.05, 0) is 89.0 Å². The number of ether oxygens (including phenoxy) is 3. The first-order valence-corrected chi connectivity index (χ1v) is 22.1. The van der Waals surface area contributed by atoms with E-state index >= 15 is 4.79 Å². The van der Waals surface area contributed by atoms with E-state index in [1.165, 1.54) is 10.6 Å². The minimum absolute atomic E-state index is 0.0124. The molecule has 12 nitrogen and oxygen atoms in total. The summed E-state index contributed by atoms with van der Waals surface area (Å²) in [4.78, 5) is 55.7. The zero-order chi connectivity index (χ0) is 43.6. The number of allylic oxidation sites excluding steroid dienone is 4. The van der Waals surface area contributed by atoms with Crippen molar-refractivity contribution in [2.75, 3.05) is 0 Å². The number of nitrogens with zero attached hydrogens (tertiary/aromatic N) is 1. The van der Waals surface area contributed by atoms with Crippen LogP contribution < -0.4 is 5.32 Å². The second-order valence-corrected chi connectivity index (χ2v) is 19.0. The summed E-state index contributed by atoms with van der Waals surface area (Å²) in [6.45, 7) is 11.4. The SMILES string of the molecule is CCC1CC23OC(=O)C(=C2O)C(=O)C2(CC)C(C=CC4C(OC5CC(O)C(NC(=O)c6c(Cl)cc(Cl)n6C)C(C)O5)C(C)CCC42)C/C=C/C/C(C)=C/C3(C)C=C1C(=O)O. The number of halogens is 2. The van der Waals surface area contributed by atoms with Gasteiger partial charge in [0, 0.05) is 36.8 Å². The first-order chi connectivity index (χ1) is 28.3. The summed E-state index contributed by atoms with van der Waals surface area (Å²) >= 11 is 12.5. The van der Waals surface area contributed by atoms with Crippen LogP contribution in [0, 0.1) is 40.4 Å². The Morgan fingerprint density at radius 1 is 1.10 bits per heavy atom. The van der Waals surface area contributed by atoms with Crippen LogP contribution in [0.25, 0.3) is 0 Å². The Labute approximate surface area is 361 Å². The Kier molecular flexibility index (Phi) is 12.2. The maximum Gasteiger partial charge on any atom is 0.346 e. The summed E-state index contributed by atoms with van der Waals surface area (Å²) in [5.74, 6) is -4.75. The van der Waals surface area contributed by atoms with Crippen LogP contribution in [0.1, 0.15) is 103 Å². The molecule has 2 bridgehead atoms. The van der Waals surface area contributed by atoms with Gasteiger partial charge in [-0.25, -0.2) is 9.59 Å². The number of aromatic nitrogens is 1. The number of aliphatic carboxylic acids is 1. The molecule has 3 heterocycles. The van der Waals surface area contributed by atoms with E-state index in [0.29, 0.717) is 43.7 Å². The van der Waals surface area contributed by atoms with Gasteiger partial charge in [-0.3, -0.25) is 9.59 Å². The van der Waals surface area contributed by atoms with Crippen LogP contribution >= 0.6 is 23.2 Å². The van der Waals surface area contributed by atoms with Crippen LogP contribution in [0.5, 0.6) is 0 Å². The van der Waals surface area contributed by atoms with Gasteiger partial charge in [-0.1, -0.05) is 86.0 Å². The zero-order valence-electron chi connectivity index (χ0n) is 35.4. The second-order valence-electron chi connectivity index (χ2n) is 18.2. The smallest absolute Gasteiger partial charge is 0.346 e. The molecule has 13 unspecified atom stereocenters. The fourth-order valence-corrected chi connectivity index (χ4v) is 12.2. The summed E-state index contributed by atoms with van der Waals surface area (Å²) in [5.41, 5.74) is -3.17. The molecule has 2 fully saturated rings. The van der Waals surface area contributed by atoms with Crippen LogP contribution in [0.2, 0.25) is 10.2 Å². The molecule has 2 aliphatic heterocycles. The molecule has 6 aliphatic rings. The van der Waals surface area contributed by atoms with E-state index in [9.17, 15) is 29.7 Å². The molecular weight excluding hydrogens is 811 g/mol. The molecule has 0 aromatic carbocycles. The van der Waals surface area contributed by atoms with Crippen molar-refractivity contribution in [2.24, 2.45) is 47.5 Å². The molecule has 326 valence electrons. The first-order valence-electron chi connectivity index (χ1n) is 21.3. The monoisotopic (exact) mass is 868 g/mol. The number of esters is 1. The van der Waals surface area contributed by atoms with E-state index in [1.54, 1.807) is 27.0 Å². The highest BCUT2D eigenvalue weighted by molar-refractivity contribution is 6.37. The number of carboxylic acids is 1. The highest BCUT2D eigenvalue weighted by Gasteiger charge is 2.66. The van der Waals surface area contributed by atoms with Crippen LogP contribution in [0.4, 0.5) is 0 Å². The number of aliphatic hydroxyl groups is 2. The summed E-state index contributed by atoms with van der Waals surface area (Å²) in [6, 6.07) is 0.718. The van der Waals surface area contributed by atoms with E-state index in [4.69, 9.17) is 37.4 Å². The zero-order valence-corrected chi connectivity index (χ0v) is 36.9. The average Bonchev–Trinajstić information content (AvgIpc) is 3.60. The van der Waals surface area contributed by atoms with E-state index in [2.05, 4.69) is 36.5 Å². The lowest BCUT2D eigenvalue weighted by Gasteiger charge is -2.54. The number of carboxylic acid groups (broad SMARTS) is 1. The van der Waals surface area contributed by atoms with Gasteiger partial charge < -0.3 is 39.4 Å². The lowest BCUT2D eigenvalue weighted by Crippen LogP contribution is -2.59. The Morgan fingerprint density at radius 2 is 1.83 bits per heavy atom. The van der Waals surface area contributed by atoms with Crippen LogP contribution in [0.3, 0.4) is 0 Å². The summed E-state index contributed by atoms with van der Waals surface area (Å²) in [7, 11) is 1.62. The Bertz CT molecular complexity index is 2090. The standard InChI is InChI=1S/C46H58Cl2N2O10/c1-8-26-21-46-40(53)35(43(57)60-46)39(52)45(9-2)27(13-11-10-12-23(3)20-44(46,6)22-29(26)42(55)56)15-16-28-30(45)17-14-24(4)38(28)59-34-19-32(51)36(25(5)58-34)49-41(54)37-31(47)18-33(48)50(37)7/h10-11,15-16,18,20,22,24-28,30,32,34,36,38,51,53H,8-9,12-14,17,19,21H2,1-7H3,(H,49,54)(H,55,56)/b11-10+,23-20+. The number of carbonyl (C=O) groups excluding carboxylic acids is 3. The molecule has 1 aromatic heterocycles. The molecule has 7 rings (SSSR count).